The summed E-state index contributed by atoms with van der Waals surface area (Å²) in [4.78, 5) is -0.905. The second-order valence-corrected chi connectivity index (χ2v) is 5.01. The van der Waals surface area contributed by atoms with Crippen molar-refractivity contribution in [1.82, 2.24) is 4.37 Å². The quantitative estimate of drug-likeness (QED) is 0.855. The third-order valence-electron chi connectivity index (χ3n) is 2.85. The SMILES string of the molecule is CC(F)c1ccc(-c2nsc(C(F)(F)F)c2CO)cc1. The normalized spacial score (nSPS) is 13.5. The molecule has 0 saturated carbocycles. The Morgan fingerprint density at radius 1 is 1.25 bits per heavy atom. The second kappa shape index (κ2) is 5.49. The molecule has 0 radical (unpaired) electrons. The predicted octanol–water partition coefficient (Wildman–Crippen LogP) is 4.35. The number of aliphatic hydroxyl groups excluding tert-OH is 1. The summed E-state index contributed by atoms with van der Waals surface area (Å²) < 4.78 is 55.1. The second-order valence-electron chi connectivity index (χ2n) is 4.23. The summed E-state index contributed by atoms with van der Waals surface area (Å²) >= 11 is 0.304. The molecule has 7 heteroatoms. The molecule has 2 rings (SSSR count). The molecule has 20 heavy (non-hydrogen) atoms. The molecule has 0 aliphatic heterocycles. The topological polar surface area (TPSA) is 33.1 Å². The number of rotatable bonds is 3. The first-order valence-electron chi connectivity index (χ1n) is 5.75. The van der Waals surface area contributed by atoms with Crippen LogP contribution in [0.4, 0.5) is 17.6 Å². The third-order valence-corrected chi connectivity index (χ3v) is 3.78. The molecule has 2 nitrogen and oxygen atoms in total. The summed E-state index contributed by atoms with van der Waals surface area (Å²) in [5, 5.41) is 9.16. The van der Waals surface area contributed by atoms with Crippen molar-refractivity contribution >= 4 is 11.5 Å². The maximum atomic E-state index is 13.1. The van der Waals surface area contributed by atoms with Crippen molar-refractivity contribution in [2.75, 3.05) is 0 Å². The van der Waals surface area contributed by atoms with E-state index in [1.165, 1.54) is 31.2 Å². The number of aromatic nitrogens is 1. The van der Waals surface area contributed by atoms with E-state index in [-0.39, 0.29) is 11.3 Å². The highest BCUT2D eigenvalue weighted by atomic mass is 32.1. The van der Waals surface area contributed by atoms with Gasteiger partial charge in [0, 0.05) is 11.1 Å². The van der Waals surface area contributed by atoms with Crippen LogP contribution in [0.5, 0.6) is 0 Å². The fourth-order valence-corrected chi connectivity index (χ4v) is 2.58. The van der Waals surface area contributed by atoms with E-state index in [9.17, 15) is 17.6 Å². The number of hydrogen-bond acceptors (Lipinski definition) is 3. The van der Waals surface area contributed by atoms with Gasteiger partial charge in [0.25, 0.3) is 0 Å². The van der Waals surface area contributed by atoms with Crippen molar-refractivity contribution < 1.29 is 22.7 Å². The molecule has 2 aromatic rings. The Balaban J connectivity index is 2.45. The van der Waals surface area contributed by atoms with E-state index >= 15 is 0 Å². The van der Waals surface area contributed by atoms with Crippen LogP contribution in [0.3, 0.4) is 0 Å². The first kappa shape index (κ1) is 14.9. The molecule has 108 valence electrons. The molecular formula is C13H11F4NOS. The van der Waals surface area contributed by atoms with E-state index in [1.807, 2.05) is 0 Å². The number of alkyl halides is 4. The highest BCUT2D eigenvalue weighted by Gasteiger charge is 2.37. The summed E-state index contributed by atoms with van der Waals surface area (Å²) in [6, 6.07) is 5.99. The monoisotopic (exact) mass is 305 g/mol. The summed E-state index contributed by atoms with van der Waals surface area (Å²) in [6.07, 6.45) is -5.69. The van der Waals surface area contributed by atoms with E-state index in [2.05, 4.69) is 4.37 Å². The van der Waals surface area contributed by atoms with Crippen molar-refractivity contribution in [3.8, 4) is 11.3 Å². The van der Waals surface area contributed by atoms with Crippen LogP contribution in [0.15, 0.2) is 24.3 Å². The fourth-order valence-electron chi connectivity index (χ4n) is 1.81. The molecule has 0 aliphatic rings. The van der Waals surface area contributed by atoms with Gasteiger partial charge in [-0.3, -0.25) is 0 Å². The molecule has 0 fully saturated rings. The Hall–Kier alpha value is -1.47. The molecule has 1 unspecified atom stereocenters. The van der Waals surface area contributed by atoms with Crippen molar-refractivity contribution in [3.05, 3.63) is 40.3 Å². The first-order valence-corrected chi connectivity index (χ1v) is 6.53. The van der Waals surface area contributed by atoms with E-state index in [1.54, 1.807) is 0 Å². The van der Waals surface area contributed by atoms with Gasteiger partial charge in [-0.25, -0.2) is 4.39 Å². The Morgan fingerprint density at radius 3 is 2.30 bits per heavy atom. The summed E-state index contributed by atoms with van der Waals surface area (Å²) in [5.74, 6) is 0. The van der Waals surface area contributed by atoms with Gasteiger partial charge in [-0.2, -0.15) is 17.5 Å². The molecule has 1 heterocycles. The fraction of sp³-hybridized carbons (Fsp3) is 0.308. The van der Waals surface area contributed by atoms with Gasteiger partial charge in [-0.05, 0) is 24.0 Å². The van der Waals surface area contributed by atoms with E-state index in [0.29, 0.717) is 22.7 Å². The van der Waals surface area contributed by atoms with E-state index < -0.39 is 23.8 Å². The van der Waals surface area contributed by atoms with Crippen LogP contribution in [0.25, 0.3) is 11.3 Å². The van der Waals surface area contributed by atoms with E-state index in [0.717, 1.165) is 0 Å². The zero-order valence-corrected chi connectivity index (χ0v) is 11.2. The van der Waals surface area contributed by atoms with E-state index in [4.69, 9.17) is 5.11 Å². The molecule has 0 spiro atoms. The van der Waals surface area contributed by atoms with Crippen LogP contribution in [0.2, 0.25) is 0 Å². The van der Waals surface area contributed by atoms with Crippen molar-refractivity contribution in [2.24, 2.45) is 0 Å². The number of benzene rings is 1. The van der Waals surface area contributed by atoms with Crippen LogP contribution in [-0.4, -0.2) is 9.48 Å². The highest BCUT2D eigenvalue weighted by molar-refractivity contribution is 7.06. The lowest BCUT2D eigenvalue weighted by atomic mass is 10.0. The number of aliphatic hydroxyl groups is 1. The Morgan fingerprint density at radius 2 is 1.85 bits per heavy atom. The molecule has 1 aromatic carbocycles. The first-order chi connectivity index (χ1) is 9.34. The average molecular weight is 305 g/mol. The lowest BCUT2D eigenvalue weighted by molar-refractivity contribution is -0.135. The summed E-state index contributed by atoms with van der Waals surface area (Å²) in [5.41, 5.74) is 0.696. The summed E-state index contributed by atoms with van der Waals surface area (Å²) in [6.45, 7) is 0.626. The highest BCUT2D eigenvalue weighted by Crippen LogP contribution is 2.39. The Bertz CT molecular complexity index is 589. The molecule has 1 aromatic heterocycles. The van der Waals surface area contributed by atoms with Gasteiger partial charge in [-0.15, -0.1) is 0 Å². The van der Waals surface area contributed by atoms with Gasteiger partial charge < -0.3 is 5.11 Å². The number of hydrogen-bond donors (Lipinski definition) is 1. The smallest absolute Gasteiger partial charge is 0.392 e. The van der Waals surface area contributed by atoms with Crippen LogP contribution in [0, 0.1) is 0 Å². The number of halogens is 4. The largest absolute Gasteiger partial charge is 0.427 e. The molecule has 0 saturated heterocycles. The zero-order valence-electron chi connectivity index (χ0n) is 10.4. The minimum atomic E-state index is -4.54. The summed E-state index contributed by atoms with van der Waals surface area (Å²) in [7, 11) is 0. The zero-order chi connectivity index (χ0) is 14.9. The average Bonchev–Trinajstić information content (AvgIpc) is 2.82. The minimum Gasteiger partial charge on any atom is -0.392 e. The van der Waals surface area contributed by atoms with Crippen LogP contribution in [-0.2, 0) is 12.8 Å². The molecule has 1 N–H and O–H groups in total. The Labute approximate surface area is 116 Å². The van der Waals surface area contributed by atoms with Gasteiger partial charge in [0.05, 0.1) is 12.3 Å². The van der Waals surface area contributed by atoms with Gasteiger partial charge in [-0.1, -0.05) is 24.3 Å². The molecule has 1 atom stereocenters. The third kappa shape index (κ3) is 2.83. The molecule has 0 bridgehead atoms. The predicted molar refractivity (Wildman–Crippen MR) is 68.0 cm³/mol. The molecule has 0 amide bonds. The maximum Gasteiger partial charge on any atom is 0.427 e. The lowest BCUT2D eigenvalue weighted by Crippen LogP contribution is -2.06. The Kier molecular flexibility index (Phi) is 4.10. The van der Waals surface area contributed by atoms with Crippen molar-refractivity contribution in [3.63, 3.8) is 0 Å². The van der Waals surface area contributed by atoms with Gasteiger partial charge >= 0.3 is 6.18 Å². The lowest BCUT2D eigenvalue weighted by Gasteiger charge is -2.07. The standard InChI is InChI=1S/C13H11F4NOS/c1-7(14)8-2-4-9(5-3-8)11-10(6-19)12(20-18-11)13(15,16)17/h2-5,7,19H,6H2,1H3. The van der Waals surface area contributed by atoms with Crippen LogP contribution < -0.4 is 0 Å². The van der Waals surface area contributed by atoms with Gasteiger partial charge in [0.15, 0.2) is 0 Å². The van der Waals surface area contributed by atoms with Crippen molar-refractivity contribution in [1.29, 1.82) is 0 Å². The van der Waals surface area contributed by atoms with Crippen LogP contribution in [0.1, 0.15) is 29.1 Å². The maximum absolute atomic E-state index is 13.1. The van der Waals surface area contributed by atoms with Gasteiger partial charge in [0.2, 0.25) is 0 Å². The molecular weight excluding hydrogens is 294 g/mol. The number of nitrogens with zero attached hydrogens (tertiary/aromatic N) is 1. The van der Waals surface area contributed by atoms with Crippen molar-refractivity contribution in [2.45, 2.75) is 25.9 Å². The molecule has 0 aliphatic carbocycles. The van der Waals surface area contributed by atoms with Gasteiger partial charge in [0.1, 0.15) is 11.0 Å². The minimum absolute atomic E-state index is 0.0860. The van der Waals surface area contributed by atoms with Crippen LogP contribution >= 0.6 is 11.5 Å².